The Hall–Kier alpha value is -1.85. The van der Waals surface area contributed by atoms with E-state index in [4.69, 9.17) is 4.74 Å². The second-order valence-corrected chi connectivity index (χ2v) is 4.26. The van der Waals surface area contributed by atoms with Gasteiger partial charge in [0.05, 0.1) is 19.0 Å². The summed E-state index contributed by atoms with van der Waals surface area (Å²) >= 11 is 0. The summed E-state index contributed by atoms with van der Waals surface area (Å²) in [6.07, 6.45) is 3.05. The van der Waals surface area contributed by atoms with Gasteiger partial charge in [0.1, 0.15) is 5.54 Å². The highest BCUT2D eigenvalue weighted by Gasteiger charge is 2.34. The lowest BCUT2D eigenvalue weighted by atomic mass is 10.0. The maximum atomic E-state index is 11.3. The third-order valence-corrected chi connectivity index (χ3v) is 2.68. The Labute approximate surface area is 107 Å². The summed E-state index contributed by atoms with van der Waals surface area (Å²) in [5.41, 5.74) is -1.05. The zero-order valence-corrected chi connectivity index (χ0v) is 11.2. The van der Waals surface area contributed by atoms with E-state index >= 15 is 0 Å². The molecule has 0 aliphatic carbocycles. The molecule has 18 heavy (non-hydrogen) atoms. The fourth-order valence-electron chi connectivity index (χ4n) is 1.64. The van der Waals surface area contributed by atoms with Gasteiger partial charge in [-0.05, 0) is 27.7 Å². The van der Waals surface area contributed by atoms with Crippen LogP contribution in [0.2, 0.25) is 0 Å². The Morgan fingerprint density at radius 2 is 2.11 bits per heavy atom. The quantitative estimate of drug-likeness (QED) is 0.829. The number of anilines is 1. The average molecular weight is 253 g/mol. The van der Waals surface area contributed by atoms with Gasteiger partial charge in [-0.15, -0.1) is 0 Å². The van der Waals surface area contributed by atoms with E-state index in [1.165, 1.54) is 12.4 Å². The Bertz CT molecular complexity index is 421. The molecule has 0 radical (unpaired) electrons. The van der Waals surface area contributed by atoms with Crippen molar-refractivity contribution in [3.8, 4) is 5.88 Å². The molecule has 0 aliphatic heterocycles. The van der Waals surface area contributed by atoms with Crippen LogP contribution < -0.4 is 9.64 Å². The van der Waals surface area contributed by atoms with Crippen LogP contribution in [0.15, 0.2) is 12.4 Å². The zero-order valence-electron chi connectivity index (χ0n) is 11.2. The van der Waals surface area contributed by atoms with E-state index in [1.807, 2.05) is 13.8 Å². The number of ether oxygens (including phenoxy) is 1. The first-order valence-corrected chi connectivity index (χ1v) is 5.89. The van der Waals surface area contributed by atoms with Crippen molar-refractivity contribution >= 4 is 11.8 Å². The van der Waals surface area contributed by atoms with Gasteiger partial charge < -0.3 is 14.7 Å². The Balaban J connectivity index is 3.09. The molecule has 0 saturated heterocycles. The number of hydrogen-bond acceptors (Lipinski definition) is 5. The first-order chi connectivity index (χ1) is 8.43. The van der Waals surface area contributed by atoms with Crippen LogP contribution in [0.5, 0.6) is 5.88 Å². The number of likely N-dealkylation sites (N-methyl/N-ethyl adjacent to an activating group) is 1. The van der Waals surface area contributed by atoms with Gasteiger partial charge in [0, 0.05) is 6.54 Å². The van der Waals surface area contributed by atoms with Gasteiger partial charge in [-0.1, -0.05) is 0 Å². The van der Waals surface area contributed by atoms with E-state index in [2.05, 4.69) is 9.97 Å². The predicted octanol–water partition coefficient (Wildman–Crippen LogP) is 1.56. The van der Waals surface area contributed by atoms with Crippen LogP contribution in [0.4, 0.5) is 5.82 Å². The minimum atomic E-state index is -1.05. The van der Waals surface area contributed by atoms with Gasteiger partial charge in [0.2, 0.25) is 5.88 Å². The molecule has 6 heteroatoms. The average Bonchev–Trinajstić information content (AvgIpc) is 2.30. The maximum absolute atomic E-state index is 11.3. The number of carbonyl (C=O) groups is 1. The van der Waals surface area contributed by atoms with E-state index in [1.54, 1.807) is 18.7 Å². The van der Waals surface area contributed by atoms with Crippen LogP contribution in [-0.2, 0) is 4.79 Å². The van der Waals surface area contributed by atoms with Gasteiger partial charge >= 0.3 is 5.97 Å². The van der Waals surface area contributed by atoms with Crippen molar-refractivity contribution in [3.63, 3.8) is 0 Å². The smallest absolute Gasteiger partial charge is 0.328 e. The van der Waals surface area contributed by atoms with Crippen molar-refractivity contribution in [2.45, 2.75) is 33.2 Å². The molecule has 1 heterocycles. The first-order valence-electron chi connectivity index (χ1n) is 5.89. The molecule has 1 aromatic rings. The van der Waals surface area contributed by atoms with E-state index < -0.39 is 11.5 Å². The molecule has 6 nitrogen and oxygen atoms in total. The van der Waals surface area contributed by atoms with E-state index in [0.29, 0.717) is 24.8 Å². The van der Waals surface area contributed by atoms with Crippen LogP contribution in [0, 0.1) is 0 Å². The Kier molecular flexibility index (Phi) is 4.47. The van der Waals surface area contributed by atoms with Gasteiger partial charge in [0.15, 0.2) is 5.82 Å². The minimum Gasteiger partial charge on any atom is -0.480 e. The van der Waals surface area contributed by atoms with Crippen LogP contribution in [0.1, 0.15) is 27.7 Å². The van der Waals surface area contributed by atoms with Crippen molar-refractivity contribution in [1.29, 1.82) is 0 Å². The number of nitrogens with zero attached hydrogens (tertiary/aromatic N) is 3. The maximum Gasteiger partial charge on any atom is 0.328 e. The molecule has 1 aromatic heterocycles. The van der Waals surface area contributed by atoms with Crippen LogP contribution in [0.3, 0.4) is 0 Å². The predicted molar refractivity (Wildman–Crippen MR) is 67.9 cm³/mol. The number of aliphatic carboxylic acids is 1. The van der Waals surface area contributed by atoms with Crippen LogP contribution >= 0.6 is 0 Å². The van der Waals surface area contributed by atoms with Gasteiger partial charge in [-0.25, -0.2) is 4.79 Å². The third kappa shape index (κ3) is 2.88. The summed E-state index contributed by atoms with van der Waals surface area (Å²) < 4.78 is 5.27. The Morgan fingerprint density at radius 3 is 2.61 bits per heavy atom. The molecule has 0 amide bonds. The fraction of sp³-hybridized carbons (Fsp3) is 0.583. The highest BCUT2D eigenvalue weighted by atomic mass is 16.5. The van der Waals surface area contributed by atoms with E-state index in [9.17, 15) is 9.90 Å². The molecule has 100 valence electrons. The molecule has 1 rings (SSSR count). The SMILES string of the molecule is CCOc1cncc(N(CC)C(C)(C)C(=O)O)n1. The number of hydrogen-bond donors (Lipinski definition) is 1. The highest BCUT2D eigenvalue weighted by Crippen LogP contribution is 2.23. The van der Waals surface area contributed by atoms with E-state index in [0.717, 1.165) is 0 Å². The summed E-state index contributed by atoms with van der Waals surface area (Å²) in [7, 11) is 0. The van der Waals surface area contributed by atoms with Crippen molar-refractivity contribution in [1.82, 2.24) is 9.97 Å². The van der Waals surface area contributed by atoms with E-state index in [-0.39, 0.29) is 0 Å². The molecule has 0 aliphatic rings. The fourth-order valence-corrected chi connectivity index (χ4v) is 1.64. The third-order valence-electron chi connectivity index (χ3n) is 2.68. The van der Waals surface area contributed by atoms with Gasteiger partial charge in [0.25, 0.3) is 0 Å². The molecule has 0 unspecified atom stereocenters. The highest BCUT2D eigenvalue weighted by molar-refractivity contribution is 5.82. The van der Waals surface area contributed by atoms with Crippen molar-refractivity contribution in [2.75, 3.05) is 18.1 Å². The lowest BCUT2D eigenvalue weighted by molar-refractivity contribution is -0.142. The zero-order chi connectivity index (χ0) is 13.8. The number of carboxylic acids is 1. The molecular formula is C12H19N3O3. The van der Waals surface area contributed by atoms with Crippen molar-refractivity contribution in [2.24, 2.45) is 0 Å². The standard InChI is InChI=1S/C12H19N3O3/c1-5-15(12(3,4)11(16)17)9-7-13-8-10(14-9)18-6-2/h7-8H,5-6H2,1-4H3,(H,16,17). The summed E-state index contributed by atoms with van der Waals surface area (Å²) in [4.78, 5) is 21.2. The molecule has 0 atom stereocenters. The lowest BCUT2D eigenvalue weighted by Gasteiger charge is -2.34. The second kappa shape index (κ2) is 5.66. The molecule has 0 bridgehead atoms. The number of aromatic nitrogens is 2. The molecule has 0 fully saturated rings. The van der Waals surface area contributed by atoms with Crippen molar-refractivity contribution < 1.29 is 14.6 Å². The molecule has 0 spiro atoms. The number of carboxylic acid groups (broad SMARTS) is 1. The monoisotopic (exact) mass is 253 g/mol. The lowest BCUT2D eigenvalue weighted by Crippen LogP contribution is -2.50. The summed E-state index contributed by atoms with van der Waals surface area (Å²) in [6.45, 7) is 8.00. The second-order valence-electron chi connectivity index (χ2n) is 4.26. The molecule has 0 saturated carbocycles. The summed E-state index contributed by atoms with van der Waals surface area (Å²) in [5, 5.41) is 9.26. The first kappa shape index (κ1) is 14.2. The summed E-state index contributed by atoms with van der Waals surface area (Å²) in [5.74, 6) is -0.0153. The topological polar surface area (TPSA) is 75.5 Å². The molecule has 1 N–H and O–H groups in total. The largest absolute Gasteiger partial charge is 0.480 e. The molecular weight excluding hydrogens is 234 g/mol. The number of rotatable bonds is 6. The van der Waals surface area contributed by atoms with Gasteiger partial charge in [-0.2, -0.15) is 4.98 Å². The Morgan fingerprint density at radius 1 is 1.44 bits per heavy atom. The normalized spacial score (nSPS) is 11.1. The van der Waals surface area contributed by atoms with Crippen LogP contribution in [-0.4, -0.2) is 39.7 Å². The summed E-state index contributed by atoms with van der Waals surface area (Å²) in [6, 6.07) is 0. The molecule has 0 aromatic carbocycles. The van der Waals surface area contributed by atoms with Gasteiger partial charge in [-0.3, -0.25) is 4.98 Å². The van der Waals surface area contributed by atoms with Crippen LogP contribution in [0.25, 0.3) is 0 Å². The minimum absolute atomic E-state index is 0.398. The van der Waals surface area contributed by atoms with Crippen molar-refractivity contribution in [3.05, 3.63) is 12.4 Å².